The van der Waals surface area contributed by atoms with Crippen LogP contribution in [0.2, 0.25) is 0 Å². The zero-order chi connectivity index (χ0) is 26.7. The Morgan fingerprint density at radius 2 is 1.81 bits per heavy atom. The molecule has 0 fully saturated rings. The number of nitrogens with two attached hydrogens (primary N) is 1. The molecule has 13 heteroatoms. The number of methoxy groups -OCH3 is 1. The van der Waals surface area contributed by atoms with Gasteiger partial charge in [-0.05, 0) is 54.1 Å². The normalized spacial score (nSPS) is 14.6. The van der Waals surface area contributed by atoms with Crippen LogP contribution in [-0.2, 0) is 16.1 Å². The Labute approximate surface area is 213 Å². The summed E-state index contributed by atoms with van der Waals surface area (Å²) in [6.07, 6.45) is -3.48. The Morgan fingerprint density at radius 3 is 2.43 bits per heavy atom. The molecule has 2 aromatic carbocycles. The number of pyridine rings is 1. The number of hydrogen-bond donors (Lipinski definition) is 2. The molecule has 0 saturated carbocycles. The number of halogens is 3. The molecule has 0 aliphatic carbocycles. The summed E-state index contributed by atoms with van der Waals surface area (Å²) in [6, 6.07) is 13.4. The van der Waals surface area contributed by atoms with Crippen molar-refractivity contribution in [3.05, 3.63) is 65.9 Å². The van der Waals surface area contributed by atoms with Crippen molar-refractivity contribution in [3.63, 3.8) is 0 Å². The van der Waals surface area contributed by atoms with Crippen LogP contribution in [0.1, 0.15) is 22.8 Å². The van der Waals surface area contributed by atoms with Crippen LogP contribution in [0.3, 0.4) is 0 Å². The summed E-state index contributed by atoms with van der Waals surface area (Å²) in [5, 5.41) is 3.86. The fraction of sp³-hybridized carbons (Fsp3) is 0.208. The lowest BCUT2D eigenvalue weighted by Crippen LogP contribution is -2.40. The van der Waals surface area contributed by atoms with Gasteiger partial charge in [-0.1, -0.05) is 25.1 Å². The van der Waals surface area contributed by atoms with Crippen LogP contribution in [-0.4, -0.2) is 35.7 Å². The molecule has 3 N–H and O–H groups in total. The number of aromatic nitrogens is 1. The van der Waals surface area contributed by atoms with Crippen molar-refractivity contribution in [2.75, 3.05) is 17.5 Å². The van der Waals surface area contributed by atoms with E-state index >= 15 is 0 Å². The van der Waals surface area contributed by atoms with Crippen LogP contribution in [0.15, 0.2) is 59.8 Å². The minimum absolute atomic E-state index is 0.0155. The van der Waals surface area contributed by atoms with Crippen LogP contribution in [0, 0.1) is 0 Å². The number of aryl methyl sites for hydroxylation is 1. The molecule has 1 unspecified atom stereocenters. The largest absolute Gasteiger partial charge is 0.497 e. The Hall–Kier alpha value is -4.13. The maximum Gasteiger partial charge on any atom is 0.493 e. The number of anilines is 3. The van der Waals surface area contributed by atoms with E-state index in [0.29, 0.717) is 22.9 Å². The molecule has 194 valence electrons. The molecule has 9 nitrogen and oxygen atoms in total. The van der Waals surface area contributed by atoms with Gasteiger partial charge in [0.15, 0.2) is 0 Å². The number of rotatable bonds is 8. The number of ether oxygens (including phenoxy) is 2. The molecule has 2 heterocycles. The average molecular weight is 535 g/mol. The molecule has 0 saturated heterocycles. The van der Waals surface area contributed by atoms with Gasteiger partial charge in [0.1, 0.15) is 22.2 Å². The summed E-state index contributed by atoms with van der Waals surface area (Å²) in [6.45, 7) is 1.92. The number of amides is 1. The summed E-state index contributed by atoms with van der Waals surface area (Å²) >= 11 is 0.881. The first-order valence-corrected chi connectivity index (χ1v) is 11.7. The molecule has 0 spiro atoms. The van der Waals surface area contributed by atoms with E-state index in [9.17, 15) is 22.8 Å². The molecule has 1 aromatic heterocycles. The van der Waals surface area contributed by atoms with Crippen LogP contribution >= 0.6 is 11.8 Å². The first-order valence-electron chi connectivity index (χ1n) is 10.9. The highest BCUT2D eigenvalue weighted by molar-refractivity contribution is 8.00. The summed E-state index contributed by atoms with van der Waals surface area (Å²) in [4.78, 5) is 33.1. The highest BCUT2D eigenvalue weighted by atomic mass is 32.2. The lowest BCUT2D eigenvalue weighted by molar-refractivity contribution is -0.202. The first kappa shape index (κ1) is 25.9. The number of carbonyl (C=O) groups is 2. The van der Waals surface area contributed by atoms with E-state index in [2.05, 4.69) is 10.3 Å². The highest BCUT2D eigenvalue weighted by Gasteiger charge is 2.47. The minimum Gasteiger partial charge on any atom is -0.497 e. The third-order valence-electron chi connectivity index (χ3n) is 5.28. The van der Waals surface area contributed by atoms with Gasteiger partial charge >= 0.3 is 12.1 Å². The molecular formula is C24H21F3N4O5S. The fourth-order valence-corrected chi connectivity index (χ4v) is 4.51. The number of fused-ring (bicyclic) bond motifs is 1. The molecular weight excluding hydrogens is 513 g/mol. The van der Waals surface area contributed by atoms with E-state index in [4.69, 9.17) is 20.0 Å². The number of thioether (sulfide) groups is 1. The van der Waals surface area contributed by atoms with Gasteiger partial charge in [0, 0.05) is 11.9 Å². The fourth-order valence-electron chi connectivity index (χ4n) is 3.49. The van der Waals surface area contributed by atoms with E-state index < -0.39 is 23.6 Å². The average Bonchev–Trinajstić information content (AvgIpc) is 3.21. The Balaban J connectivity index is 1.80. The van der Waals surface area contributed by atoms with Gasteiger partial charge in [0.2, 0.25) is 0 Å². The molecule has 1 aliphatic heterocycles. The second kappa shape index (κ2) is 10.5. The Kier molecular flexibility index (Phi) is 7.34. The lowest BCUT2D eigenvalue weighted by atomic mass is 10.1. The number of nitrogens with zero attached hydrogens (tertiary/aromatic N) is 2. The number of benzene rings is 2. The van der Waals surface area contributed by atoms with Gasteiger partial charge in [-0.2, -0.15) is 18.2 Å². The van der Waals surface area contributed by atoms with Crippen LogP contribution in [0.5, 0.6) is 11.5 Å². The first-order chi connectivity index (χ1) is 17.6. The molecule has 1 atom stereocenters. The van der Waals surface area contributed by atoms with Crippen molar-refractivity contribution in [2.45, 2.75) is 30.1 Å². The molecule has 0 radical (unpaired) electrons. The van der Waals surface area contributed by atoms with Crippen molar-refractivity contribution in [1.29, 1.82) is 0 Å². The number of carbonyl (C=O) groups excluding carboxylic acids is 2. The second-order valence-corrected chi connectivity index (χ2v) is 8.65. The number of hydroxylamine groups is 1. The molecule has 4 rings (SSSR count). The Morgan fingerprint density at radius 1 is 1.14 bits per heavy atom. The maximum absolute atomic E-state index is 13.2. The third-order valence-corrected chi connectivity index (χ3v) is 6.29. The molecule has 0 bridgehead atoms. The van der Waals surface area contributed by atoms with E-state index in [1.807, 2.05) is 19.1 Å². The van der Waals surface area contributed by atoms with E-state index in [0.717, 1.165) is 17.3 Å². The van der Waals surface area contributed by atoms with Crippen molar-refractivity contribution in [3.8, 4) is 11.5 Å². The summed E-state index contributed by atoms with van der Waals surface area (Å²) < 4.78 is 50.5. The summed E-state index contributed by atoms with van der Waals surface area (Å²) in [5.41, 5.74) is 5.47. The van der Waals surface area contributed by atoms with Gasteiger partial charge in [-0.25, -0.2) is 9.78 Å². The lowest BCUT2D eigenvalue weighted by Gasteiger charge is -2.27. The van der Waals surface area contributed by atoms with Crippen molar-refractivity contribution in [1.82, 2.24) is 4.98 Å². The monoisotopic (exact) mass is 534 g/mol. The predicted octanol–water partition coefficient (Wildman–Crippen LogP) is 4.79. The maximum atomic E-state index is 13.2. The molecule has 37 heavy (non-hydrogen) atoms. The van der Waals surface area contributed by atoms with Crippen molar-refractivity contribution < 1.29 is 37.1 Å². The minimum atomic E-state index is -5.30. The van der Waals surface area contributed by atoms with E-state index in [1.54, 1.807) is 24.3 Å². The van der Waals surface area contributed by atoms with E-state index in [1.165, 1.54) is 25.4 Å². The molecule has 1 aliphatic rings. The number of hydrogen-bond acceptors (Lipinski definition) is 9. The van der Waals surface area contributed by atoms with Crippen molar-refractivity contribution >= 4 is 40.7 Å². The quantitative estimate of drug-likeness (QED) is 0.421. The van der Waals surface area contributed by atoms with Crippen molar-refractivity contribution in [2.24, 2.45) is 5.73 Å². The smallest absolute Gasteiger partial charge is 0.493 e. The van der Waals surface area contributed by atoms with Gasteiger partial charge in [-0.15, -0.1) is 0 Å². The standard InChI is InChI=1S/C24H21F3N4O5S/c1-3-13-6-4-5-7-17(13)30-18-16(20(28)32)12-29-21-19(18)31(36-22(33)24(25,26)27)23(37-21)35-15-10-8-14(34-2)9-11-15/h4-12,23H,3H2,1-2H3,(H2,28,32)(H,29,30). The zero-order valence-electron chi connectivity index (χ0n) is 19.5. The van der Waals surface area contributed by atoms with Gasteiger partial charge in [0.05, 0.1) is 18.4 Å². The van der Waals surface area contributed by atoms with Crippen LogP contribution in [0.25, 0.3) is 0 Å². The highest BCUT2D eigenvalue weighted by Crippen LogP contribution is 2.49. The summed E-state index contributed by atoms with van der Waals surface area (Å²) in [5.74, 6) is -2.59. The SMILES string of the molecule is CCc1ccccc1Nc1c(C(N)=O)cnc2c1N(OC(=O)C(F)(F)F)C(Oc1ccc(OC)cc1)S2. The third kappa shape index (κ3) is 5.50. The Bertz CT molecular complexity index is 1320. The topological polar surface area (TPSA) is 116 Å². The number of primary amides is 1. The zero-order valence-corrected chi connectivity index (χ0v) is 20.4. The number of nitrogens with one attached hydrogen (secondary N) is 1. The second-order valence-electron chi connectivity index (χ2n) is 7.62. The van der Waals surface area contributed by atoms with Gasteiger partial charge < -0.3 is 25.4 Å². The number of alkyl halides is 3. The van der Waals surface area contributed by atoms with Gasteiger partial charge in [0.25, 0.3) is 11.5 Å². The number of para-hydroxylation sites is 1. The van der Waals surface area contributed by atoms with Crippen LogP contribution < -0.4 is 25.6 Å². The van der Waals surface area contributed by atoms with Gasteiger partial charge in [-0.3, -0.25) is 4.79 Å². The van der Waals surface area contributed by atoms with Crippen LogP contribution in [0.4, 0.5) is 30.2 Å². The molecule has 3 aromatic rings. The molecule has 1 amide bonds. The predicted molar refractivity (Wildman–Crippen MR) is 130 cm³/mol. The van der Waals surface area contributed by atoms with E-state index in [-0.39, 0.29) is 27.7 Å². The summed E-state index contributed by atoms with van der Waals surface area (Å²) in [7, 11) is 1.48.